The van der Waals surface area contributed by atoms with Crippen LogP contribution in [0.25, 0.3) is 5.57 Å². The van der Waals surface area contributed by atoms with Crippen molar-refractivity contribution in [3.63, 3.8) is 0 Å². The van der Waals surface area contributed by atoms with E-state index in [1.807, 2.05) is 18.2 Å². The first-order valence-electron chi connectivity index (χ1n) is 7.17. The van der Waals surface area contributed by atoms with E-state index in [-0.39, 0.29) is 11.7 Å². The molecule has 1 aliphatic rings. The summed E-state index contributed by atoms with van der Waals surface area (Å²) in [4.78, 5) is 14.5. The van der Waals surface area contributed by atoms with E-state index >= 15 is 0 Å². The van der Waals surface area contributed by atoms with Gasteiger partial charge in [0.25, 0.3) is 0 Å². The van der Waals surface area contributed by atoms with Gasteiger partial charge >= 0.3 is 0 Å². The van der Waals surface area contributed by atoms with Gasteiger partial charge in [-0.05, 0) is 24.1 Å². The molecule has 0 aliphatic carbocycles. The third kappa shape index (κ3) is 3.26. The Balaban J connectivity index is 1.65. The molecule has 2 aromatic rings. The van der Waals surface area contributed by atoms with E-state index in [1.54, 1.807) is 22.8 Å². The number of primary amides is 1. The summed E-state index contributed by atoms with van der Waals surface area (Å²) >= 11 is 1.55. The predicted octanol–water partition coefficient (Wildman–Crippen LogP) is 3.28. The van der Waals surface area contributed by atoms with Gasteiger partial charge in [0, 0.05) is 35.5 Å². The van der Waals surface area contributed by atoms with Crippen LogP contribution < -0.4 is 5.73 Å². The summed E-state index contributed by atoms with van der Waals surface area (Å²) < 4.78 is 13.8. The maximum Gasteiger partial charge on any atom is 0.249 e. The van der Waals surface area contributed by atoms with Gasteiger partial charge < -0.3 is 5.73 Å². The normalized spacial score (nSPS) is 15.6. The van der Waals surface area contributed by atoms with Crippen molar-refractivity contribution in [2.24, 2.45) is 5.73 Å². The van der Waals surface area contributed by atoms with Gasteiger partial charge in [0.05, 0.1) is 5.56 Å². The molecule has 1 aliphatic heterocycles. The largest absolute Gasteiger partial charge is 0.366 e. The van der Waals surface area contributed by atoms with Crippen LogP contribution in [-0.4, -0.2) is 23.9 Å². The summed E-state index contributed by atoms with van der Waals surface area (Å²) in [6.07, 6.45) is 2.92. The third-order valence-corrected chi connectivity index (χ3v) is 4.75. The molecule has 0 fully saturated rings. The smallest absolute Gasteiger partial charge is 0.249 e. The Kier molecular flexibility index (Phi) is 4.36. The van der Waals surface area contributed by atoms with Gasteiger partial charge in [-0.1, -0.05) is 24.3 Å². The fourth-order valence-corrected chi connectivity index (χ4v) is 3.55. The van der Waals surface area contributed by atoms with Gasteiger partial charge in [0.1, 0.15) is 5.82 Å². The minimum Gasteiger partial charge on any atom is -0.366 e. The zero-order chi connectivity index (χ0) is 15.5. The molecule has 2 heterocycles. The SMILES string of the molecule is NC(=O)c1csc(CN2CC=C(c3ccccc3F)CC2)c1. The van der Waals surface area contributed by atoms with E-state index < -0.39 is 0 Å². The zero-order valence-electron chi connectivity index (χ0n) is 12.1. The molecule has 0 atom stereocenters. The molecule has 0 saturated heterocycles. The van der Waals surface area contributed by atoms with E-state index in [4.69, 9.17) is 5.73 Å². The Morgan fingerprint density at radius 3 is 2.82 bits per heavy atom. The van der Waals surface area contributed by atoms with Crippen molar-refractivity contribution in [1.82, 2.24) is 4.90 Å². The molecule has 3 rings (SSSR count). The molecule has 5 heteroatoms. The van der Waals surface area contributed by atoms with E-state index in [0.29, 0.717) is 11.1 Å². The Morgan fingerprint density at radius 1 is 1.36 bits per heavy atom. The summed E-state index contributed by atoms with van der Waals surface area (Å²) in [5, 5.41) is 1.79. The summed E-state index contributed by atoms with van der Waals surface area (Å²) in [6.45, 7) is 2.45. The molecule has 114 valence electrons. The number of carbonyl (C=O) groups is 1. The number of carbonyl (C=O) groups excluding carboxylic acids is 1. The summed E-state index contributed by atoms with van der Waals surface area (Å²) in [7, 11) is 0. The molecular weight excluding hydrogens is 299 g/mol. The number of rotatable bonds is 4. The fraction of sp³-hybridized carbons (Fsp3) is 0.235. The van der Waals surface area contributed by atoms with Crippen LogP contribution in [0.2, 0.25) is 0 Å². The van der Waals surface area contributed by atoms with Crippen LogP contribution in [0.15, 0.2) is 41.8 Å². The van der Waals surface area contributed by atoms with Crippen molar-refractivity contribution < 1.29 is 9.18 Å². The zero-order valence-corrected chi connectivity index (χ0v) is 12.9. The second-order valence-electron chi connectivity index (χ2n) is 5.36. The van der Waals surface area contributed by atoms with Crippen molar-refractivity contribution in [2.75, 3.05) is 13.1 Å². The number of benzene rings is 1. The highest BCUT2D eigenvalue weighted by Gasteiger charge is 2.16. The molecule has 2 N–H and O–H groups in total. The van der Waals surface area contributed by atoms with E-state index in [2.05, 4.69) is 11.0 Å². The summed E-state index contributed by atoms with van der Waals surface area (Å²) in [5.74, 6) is -0.547. The van der Waals surface area contributed by atoms with Gasteiger partial charge in [0.15, 0.2) is 0 Å². The van der Waals surface area contributed by atoms with E-state index in [9.17, 15) is 9.18 Å². The topological polar surface area (TPSA) is 46.3 Å². The Bertz CT molecular complexity index is 723. The number of hydrogen-bond acceptors (Lipinski definition) is 3. The quantitative estimate of drug-likeness (QED) is 0.941. The van der Waals surface area contributed by atoms with Crippen LogP contribution in [0.3, 0.4) is 0 Å². The predicted molar refractivity (Wildman–Crippen MR) is 87.1 cm³/mol. The maximum atomic E-state index is 13.8. The highest BCUT2D eigenvalue weighted by atomic mass is 32.1. The Hall–Kier alpha value is -1.98. The second kappa shape index (κ2) is 6.42. The minimum absolute atomic E-state index is 0.161. The van der Waals surface area contributed by atoms with E-state index in [1.165, 1.54) is 6.07 Å². The van der Waals surface area contributed by atoms with Crippen molar-refractivity contribution in [3.05, 3.63) is 63.6 Å². The third-order valence-electron chi connectivity index (χ3n) is 3.83. The standard InChI is InChI=1S/C17H17FN2OS/c18-16-4-2-1-3-15(16)12-5-7-20(8-6-12)10-14-9-13(11-22-14)17(19)21/h1-5,9,11H,6-8,10H2,(H2,19,21). The molecule has 0 saturated carbocycles. The number of amides is 1. The lowest BCUT2D eigenvalue weighted by molar-refractivity contribution is 0.100. The van der Waals surface area contributed by atoms with Crippen LogP contribution >= 0.6 is 11.3 Å². The van der Waals surface area contributed by atoms with Crippen LogP contribution in [0.1, 0.15) is 27.2 Å². The van der Waals surface area contributed by atoms with Gasteiger partial charge in [0.2, 0.25) is 5.91 Å². The number of nitrogens with two attached hydrogens (primary N) is 1. The summed E-state index contributed by atoms with van der Waals surface area (Å²) in [5.41, 5.74) is 7.61. The number of thiophene rings is 1. The molecule has 22 heavy (non-hydrogen) atoms. The number of nitrogens with zero attached hydrogens (tertiary/aromatic N) is 1. The van der Waals surface area contributed by atoms with Gasteiger partial charge in [-0.25, -0.2) is 4.39 Å². The molecule has 1 amide bonds. The lowest BCUT2D eigenvalue weighted by atomic mass is 9.99. The highest BCUT2D eigenvalue weighted by Crippen LogP contribution is 2.26. The molecule has 0 spiro atoms. The fourth-order valence-electron chi connectivity index (χ4n) is 2.63. The Morgan fingerprint density at radius 2 is 2.18 bits per heavy atom. The maximum absolute atomic E-state index is 13.8. The van der Waals surface area contributed by atoms with Crippen molar-refractivity contribution >= 4 is 22.8 Å². The second-order valence-corrected chi connectivity index (χ2v) is 6.36. The molecule has 0 radical (unpaired) electrons. The minimum atomic E-state index is -0.386. The summed E-state index contributed by atoms with van der Waals surface area (Å²) in [6, 6.07) is 8.75. The lowest BCUT2D eigenvalue weighted by Crippen LogP contribution is -2.27. The van der Waals surface area contributed by atoms with Crippen molar-refractivity contribution in [3.8, 4) is 0 Å². The molecule has 0 unspecified atom stereocenters. The molecule has 3 nitrogen and oxygen atoms in total. The average Bonchev–Trinajstić information content (AvgIpc) is 2.98. The average molecular weight is 316 g/mol. The van der Waals surface area contributed by atoms with Gasteiger partial charge in [-0.3, -0.25) is 9.69 Å². The monoisotopic (exact) mass is 316 g/mol. The van der Waals surface area contributed by atoms with E-state index in [0.717, 1.165) is 36.5 Å². The van der Waals surface area contributed by atoms with Crippen LogP contribution in [0, 0.1) is 5.82 Å². The van der Waals surface area contributed by atoms with Crippen molar-refractivity contribution in [1.29, 1.82) is 0 Å². The van der Waals surface area contributed by atoms with Crippen LogP contribution in [-0.2, 0) is 6.54 Å². The Labute approximate surface area is 132 Å². The lowest BCUT2D eigenvalue weighted by Gasteiger charge is -2.26. The molecule has 0 bridgehead atoms. The van der Waals surface area contributed by atoms with Crippen LogP contribution in [0.4, 0.5) is 4.39 Å². The first kappa shape index (κ1) is 14.9. The molecular formula is C17H17FN2OS. The van der Waals surface area contributed by atoms with Gasteiger partial charge in [-0.15, -0.1) is 11.3 Å². The highest BCUT2D eigenvalue weighted by molar-refractivity contribution is 7.10. The first-order valence-corrected chi connectivity index (χ1v) is 8.05. The first-order chi connectivity index (χ1) is 10.6. The molecule has 1 aromatic carbocycles. The van der Waals surface area contributed by atoms with Crippen LogP contribution in [0.5, 0.6) is 0 Å². The number of halogens is 1. The van der Waals surface area contributed by atoms with Gasteiger partial charge in [-0.2, -0.15) is 0 Å². The number of hydrogen-bond donors (Lipinski definition) is 1. The molecule has 1 aromatic heterocycles. The van der Waals surface area contributed by atoms with Crippen molar-refractivity contribution in [2.45, 2.75) is 13.0 Å².